The molecule has 0 aromatic rings. The number of urea groups is 1. The largest absolute Gasteiger partial charge is 0.392 e. The number of likely N-dealkylation sites (tertiary alicyclic amines) is 1. The van der Waals surface area contributed by atoms with Gasteiger partial charge in [-0.3, -0.25) is 15.0 Å². The number of β-amino-alcohol motifs (C(OH)–C–C–N with tert-alkyl or cyclic N) is 1. The molecule has 0 bridgehead atoms. The van der Waals surface area contributed by atoms with E-state index in [9.17, 15) is 9.59 Å². The highest BCUT2D eigenvalue weighted by atomic mass is 16.3. The number of nitrogens with one attached hydrogen (secondary N) is 1. The Hall–Kier alpha value is -1.14. The smallest absolute Gasteiger partial charge is 0.318 e. The van der Waals surface area contributed by atoms with Crippen LogP contribution in [0.5, 0.6) is 0 Å². The summed E-state index contributed by atoms with van der Waals surface area (Å²) in [6.07, 6.45) is 0.311. The van der Waals surface area contributed by atoms with Gasteiger partial charge in [-0.25, -0.2) is 4.79 Å². The maximum Gasteiger partial charge on any atom is 0.318 e. The van der Waals surface area contributed by atoms with Crippen molar-refractivity contribution in [2.45, 2.75) is 12.5 Å². The van der Waals surface area contributed by atoms with Crippen LogP contribution in [0.4, 0.5) is 4.79 Å². The Balaban J connectivity index is 2.24. The van der Waals surface area contributed by atoms with Gasteiger partial charge in [0, 0.05) is 13.1 Å². The molecule has 1 fully saturated rings. The first kappa shape index (κ1) is 9.94. The summed E-state index contributed by atoms with van der Waals surface area (Å²) in [5, 5.41) is 11.1. The quantitative estimate of drug-likeness (QED) is 0.477. The Morgan fingerprint density at radius 1 is 1.62 bits per heavy atom. The van der Waals surface area contributed by atoms with E-state index in [0.29, 0.717) is 19.5 Å². The third kappa shape index (κ3) is 3.39. The molecule has 13 heavy (non-hydrogen) atoms. The van der Waals surface area contributed by atoms with E-state index in [2.05, 4.69) is 0 Å². The van der Waals surface area contributed by atoms with Crippen LogP contribution in [-0.4, -0.2) is 47.7 Å². The predicted molar refractivity (Wildman–Crippen MR) is 44.8 cm³/mol. The number of hydrogen-bond acceptors (Lipinski definition) is 4. The summed E-state index contributed by atoms with van der Waals surface area (Å²) in [4.78, 5) is 23.0. The molecule has 1 aliphatic rings. The number of amides is 3. The average Bonchev–Trinajstić information content (AvgIpc) is 2.33. The molecule has 6 heteroatoms. The van der Waals surface area contributed by atoms with Gasteiger partial charge in [-0.05, 0) is 6.42 Å². The molecule has 0 spiro atoms. The molecule has 0 saturated carbocycles. The lowest BCUT2D eigenvalue weighted by atomic mass is 10.3. The Morgan fingerprint density at radius 2 is 2.31 bits per heavy atom. The van der Waals surface area contributed by atoms with Crippen molar-refractivity contribution in [3.8, 4) is 0 Å². The normalized spacial score (nSPS) is 23.0. The molecule has 1 aliphatic heterocycles. The second-order valence-corrected chi connectivity index (χ2v) is 3.09. The topological polar surface area (TPSA) is 95.7 Å². The number of nitrogens with zero attached hydrogens (tertiary/aromatic N) is 1. The van der Waals surface area contributed by atoms with E-state index in [1.807, 2.05) is 5.32 Å². The fourth-order valence-electron chi connectivity index (χ4n) is 1.34. The van der Waals surface area contributed by atoms with E-state index in [4.69, 9.17) is 10.8 Å². The molecule has 1 rings (SSSR count). The number of aliphatic hydroxyl groups is 1. The van der Waals surface area contributed by atoms with Gasteiger partial charge in [-0.1, -0.05) is 0 Å². The molecule has 0 aromatic carbocycles. The van der Waals surface area contributed by atoms with Crippen molar-refractivity contribution in [2.24, 2.45) is 5.73 Å². The summed E-state index contributed by atoms with van der Waals surface area (Å²) in [6.45, 7) is 1.26. The van der Waals surface area contributed by atoms with E-state index in [1.54, 1.807) is 4.90 Å². The van der Waals surface area contributed by atoms with Crippen LogP contribution >= 0.6 is 0 Å². The van der Waals surface area contributed by atoms with Gasteiger partial charge in [0.25, 0.3) is 0 Å². The van der Waals surface area contributed by atoms with Crippen LogP contribution in [0.25, 0.3) is 0 Å². The van der Waals surface area contributed by atoms with E-state index >= 15 is 0 Å². The average molecular weight is 187 g/mol. The minimum atomic E-state index is -0.843. The van der Waals surface area contributed by atoms with Gasteiger partial charge >= 0.3 is 6.03 Å². The highest BCUT2D eigenvalue weighted by molar-refractivity contribution is 5.94. The van der Waals surface area contributed by atoms with Crippen LogP contribution in [0, 0.1) is 0 Å². The van der Waals surface area contributed by atoms with E-state index in [0.717, 1.165) is 0 Å². The summed E-state index contributed by atoms with van der Waals surface area (Å²) >= 11 is 0. The number of aliphatic hydroxyl groups excluding tert-OH is 1. The van der Waals surface area contributed by atoms with Gasteiger partial charge in [-0.2, -0.15) is 0 Å². The number of carbonyl (C=O) groups is 2. The molecular weight excluding hydrogens is 174 g/mol. The fourth-order valence-corrected chi connectivity index (χ4v) is 1.34. The van der Waals surface area contributed by atoms with Crippen molar-refractivity contribution in [1.82, 2.24) is 10.2 Å². The second-order valence-electron chi connectivity index (χ2n) is 3.09. The van der Waals surface area contributed by atoms with Crippen molar-refractivity contribution in [3.05, 3.63) is 0 Å². The standard InChI is InChI=1S/C7H13N3O3/c8-7(13)9-6(12)4-10-2-1-5(11)3-10/h5,11H,1-4H2,(H3,8,9,12,13)/t5-/m1/s1. The molecule has 6 nitrogen and oxygen atoms in total. The van der Waals surface area contributed by atoms with Gasteiger partial charge in [0.1, 0.15) is 0 Å². The lowest BCUT2D eigenvalue weighted by molar-refractivity contribution is -0.120. The highest BCUT2D eigenvalue weighted by Gasteiger charge is 2.22. The van der Waals surface area contributed by atoms with Crippen LogP contribution in [0.3, 0.4) is 0 Å². The van der Waals surface area contributed by atoms with E-state index in [-0.39, 0.29) is 12.6 Å². The Labute approximate surface area is 75.7 Å². The predicted octanol–water partition coefficient (Wildman–Crippen LogP) is -1.75. The van der Waals surface area contributed by atoms with Crippen LogP contribution < -0.4 is 11.1 Å². The molecule has 0 unspecified atom stereocenters. The van der Waals surface area contributed by atoms with Crippen LogP contribution in [0.15, 0.2) is 0 Å². The number of imide groups is 1. The van der Waals surface area contributed by atoms with Crippen molar-refractivity contribution >= 4 is 11.9 Å². The third-order valence-corrected chi connectivity index (χ3v) is 1.88. The summed E-state index contributed by atoms with van der Waals surface area (Å²) in [7, 11) is 0. The Bertz CT molecular complexity index is 219. The monoisotopic (exact) mass is 187 g/mol. The minimum absolute atomic E-state index is 0.111. The van der Waals surface area contributed by atoms with E-state index in [1.165, 1.54) is 0 Å². The van der Waals surface area contributed by atoms with Crippen molar-refractivity contribution in [1.29, 1.82) is 0 Å². The molecule has 4 N–H and O–H groups in total. The number of carbonyl (C=O) groups excluding carboxylic acids is 2. The number of primary amides is 1. The zero-order chi connectivity index (χ0) is 9.84. The molecule has 0 aliphatic carbocycles. The molecular formula is C7H13N3O3. The second kappa shape index (κ2) is 4.20. The lowest BCUT2D eigenvalue weighted by Gasteiger charge is -2.12. The lowest BCUT2D eigenvalue weighted by Crippen LogP contribution is -2.41. The van der Waals surface area contributed by atoms with E-state index < -0.39 is 11.9 Å². The Morgan fingerprint density at radius 3 is 2.77 bits per heavy atom. The highest BCUT2D eigenvalue weighted by Crippen LogP contribution is 2.07. The van der Waals surface area contributed by atoms with Gasteiger partial charge in [0.05, 0.1) is 12.6 Å². The summed E-state index contributed by atoms with van der Waals surface area (Å²) in [6, 6.07) is -0.843. The fraction of sp³-hybridized carbons (Fsp3) is 0.714. The molecule has 1 atom stereocenters. The SMILES string of the molecule is NC(=O)NC(=O)CN1CC[C@@H](O)C1. The van der Waals surface area contributed by atoms with Crippen LogP contribution in [0.1, 0.15) is 6.42 Å². The van der Waals surface area contributed by atoms with Gasteiger partial charge in [0.15, 0.2) is 0 Å². The molecule has 0 aromatic heterocycles. The molecule has 1 saturated heterocycles. The van der Waals surface area contributed by atoms with Crippen LogP contribution in [0.2, 0.25) is 0 Å². The number of hydrogen-bond donors (Lipinski definition) is 3. The van der Waals surface area contributed by atoms with Crippen molar-refractivity contribution in [3.63, 3.8) is 0 Å². The Kier molecular flexibility index (Phi) is 3.21. The summed E-state index contributed by atoms with van der Waals surface area (Å²) in [5.74, 6) is -0.429. The van der Waals surface area contributed by atoms with Crippen LogP contribution in [-0.2, 0) is 4.79 Å². The van der Waals surface area contributed by atoms with Crippen molar-refractivity contribution < 1.29 is 14.7 Å². The van der Waals surface area contributed by atoms with Crippen molar-refractivity contribution in [2.75, 3.05) is 19.6 Å². The molecule has 3 amide bonds. The summed E-state index contributed by atoms with van der Waals surface area (Å²) < 4.78 is 0. The maximum absolute atomic E-state index is 11.0. The number of rotatable bonds is 2. The summed E-state index contributed by atoms with van der Waals surface area (Å²) in [5.41, 5.74) is 4.76. The van der Waals surface area contributed by atoms with Gasteiger partial charge in [-0.15, -0.1) is 0 Å². The van der Waals surface area contributed by atoms with Gasteiger partial charge in [0.2, 0.25) is 5.91 Å². The zero-order valence-corrected chi connectivity index (χ0v) is 7.19. The molecule has 1 heterocycles. The first-order chi connectivity index (χ1) is 6.08. The number of nitrogens with two attached hydrogens (primary N) is 1. The third-order valence-electron chi connectivity index (χ3n) is 1.88. The molecule has 0 radical (unpaired) electrons. The first-order valence-corrected chi connectivity index (χ1v) is 4.07. The minimum Gasteiger partial charge on any atom is -0.392 e. The molecule has 74 valence electrons. The first-order valence-electron chi connectivity index (χ1n) is 4.07. The maximum atomic E-state index is 11.0. The van der Waals surface area contributed by atoms with Gasteiger partial charge < -0.3 is 10.8 Å². The zero-order valence-electron chi connectivity index (χ0n) is 7.19.